The van der Waals surface area contributed by atoms with Gasteiger partial charge in [0.05, 0.1) is 118 Å². The molecule has 0 saturated carbocycles. The maximum atomic E-state index is 14.2. The molecule has 0 radical (unpaired) electrons. The van der Waals surface area contributed by atoms with E-state index in [1.54, 1.807) is 13.8 Å². The average molecular weight is 2180 g/mol. The highest BCUT2D eigenvalue weighted by atomic mass is 16.8. The minimum atomic E-state index is -2.64. The Morgan fingerprint density at radius 2 is 0.631 bits per heavy atom. The van der Waals surface area contributed by atoms with Crippen molar-refractivity contribution in [1.82, 2.24) is 31.9 Å². The van der Waals surface area contributed by atoms with E-state index in [0.29, 0.717) is 0 Å². The van der Waals surface area contributed by atoms with Gasteiger partial charge in [-0.05, 0) is 19.4 Å². The number of aliphatic hydroxyl groups excluding tert-OH is 27. The van der Waals surface area contributed by atoms with Crippen molar-refractivity contribution in [2.45, 2.75) is 373 Å². The molecule has 10 heterocycles. The number of amides is 6. The SMILES string of the molecule is CC(=O)N[C@@H]1[C@@H](O)[C@@H](OC[C@H]2O[C@@H](O[C@H]3[C@H](O)[C@@H](NC(C)=O)[C@H](O[C@@H]4[C@@H](OC[C@H]5O[C@@H](O[C@H]6[C@H](O)[C@@H](NC(C)=O)[C@H](O[C@H]7[C@H](O)[C@@H](NC(C)=O)[C@H](OC(C)C)O[C@@H]7CO)O[C@@H]6CO)[C@@H](O)[C@@H](O[C@H]6O[C@H](CO)[C@@H](O)[C@H](O)[C@@H]6O[C@@H]6O[C@H](CO)[C@@H](O[C@@H]7O[C@H](CO)[C@H](O)[C@H](O)[C@H]7O)[C@H](O)[C@H]6NC(C)=O)[C@@H]5O)O[C@H](CO)[C@@H](O)[C@@H]4O)O[C@@H]3CO)[C@H](O)[C@@H](O)[C@H]2O)[C@H](C(=O)NCCOCCOCCOCCN=[N+]=[N-])O[C@H]1[C@H](O)[C@H](O)CO. The fourth-order valence-corrected chi connectivity index (χ4v) is 18.4. The zero-order valence-corrected chi connectivity index (χ0v) is 81.6. The van der Waals surface area contributed by atoms with Gasteiger partial charge < -0.3 is 279 Å². The number of aliphatic hydroxyl groups is 27. The summed E-state index contributed by atoms with van der Waals surface area (Å²) in [6.07, 6.45) is -101. The smallest absolute Gasteiger partial charge is 0.252 e. The van der Waals surface area contributed by atoms with Crippen LogP contribution in [0.25, 0.3) is 10.4 Å². The van der Waals surface area contributed by atoms with Gasteiger partial charge in [0.15, 0.2) is 62.7 Å². The molecule has 65 nitrogen and oxygen atoms in total. The van der Waals surface area contributed by atoms with Crippen LogP contribution in [0.3, 0.4) is 0 Å². The van der Waals surface area contributed by atoms with Crippen molar-refractivity contribution < 1.29 is 276 Å². The lowest BCUT2D eigenvalue weighted by Gasteiger charge is -2.51. The Bertz CT molecular complexity index is 4130. The molecule has 10 aliphatic rings. The van der Waals surface area contributed by atoms with Crippen LogP contribution in [0, 0.1) is 0 Å². The lowest BCUT2D eigenvalue weighted by atomic mass is 9.87. The van der Waals surface area contributed by atoms with Gasteiger partial charge >= 0.3 is 0 Å². The predicted molar refractivity (Wildman–Crippen MR) is 471 cm³/mol. The Morgan fingerprint density at radius 1 is 0.315 bits per heavy atom. The quantitative estimate of drug-likeness (QED) is 0.0116. The largest absolute Gasteiger partial charge is 0.394 e. The van der Waals surface area contributed by atoms with Gasteiger partial charge in [0.25, 0.3) is 5.91 Å². The van der Waals surface area contributed by atoms with Crippen LogP contribution < -0.4 is 31.9 Å². The molecule has 10 aliphatic heterocycles. The second-order valence-electron chi connectivity index (χ2n) is 37.0. The number of nitrogens with zero attached hydrogens (tertiary/aromatic N) is 3. The summed E-state index contributed by atoms with van der Waals surface area (Å²) in [5.74, 6) is -5.68. The number of hydrogen-bond donors (Lipinski definition) is 33. The van der Waals surface area contributed by atoms with Gasteiger partial charge in [-0.3, -0.25) is 28.8 Å². The summed E-state index contributed by atoms with van der Waals surface area (Å²) in [6, 6.07) is -9.29. The lowest BCUT2D eigenvalue weighted by Crippen LogP contribution is -2.71. The number of azide groups is 1. The summed E-state index contributed by atoms with van der Waals surface area (Å²) in [7, 11) is 0. The molecule has 52 atom stereocenters. The van der Waals surface area contributed by atoms with Gasteiger partial charge in [0.2, 0.25) is 29.5 Å². The maximum Gasteiger partial charge on any atom is 0.252 e. The molecule has 0 aromatic heterocycles. The molecule has 0 spiro atoms. The Morgan fingerprint density at radius 3 is 1.04 bits per heavy atom. The first kappa shape index (κ1) is 125. The summed E-state index contributed by atoms with van der Waals surface area (Å²) in [6.45, 7) is -3.39. The third-order valence-electron chi connectivity index (χ3n) is 25.9. The first-order valence-corrected chi connectivity index (χ1v) is 48.0. The average Bonchev–Trinajstić information content (AvgIpc) is 0.759. The van der Waals surface area contributed by atoms with Crippen molar-refractivity contribution in [2.75, 3.05) is 119 Å². The number of rotatable bonds is 50. The highest BCUT2D eigenvalue weighted by molar-refractivity contribution is 5.82. The van der Waals surface area contributed by atoms with E-state index in [9.17, 15) is 167 Å². The third-order valence-corrected chi connectivity index (χ3v) is 25.9. The molecular formula is C84H143N9O56. The van der Waals surface area contributed by atoms with Gasteiger partial charge in [0, 0.05) is 52.6 Å². The van der Waals surface area contributed by atoms with E-state index in [1.807, 2.05) is 0 Å². The van der Waals surface area contributed by atoms with Crippen LogP contribution in [0.2, 0.25) is 0 Å². The van der Waals surface area contributed by atoms with Crippen LogP contribution in [-0.2, 0) is 138 Å². The van der Waals surface area contributed by atoms with Crippen molar-refractivity contribution in [3.8, 4) is 0 Å². The van der Waals surface area contributed by atoms with Crippen molar-refractivity contribution in [2.24, 2.45) is 5.11 Å². The zero-order chi connectivity index (χ0) is 110. The normalized spacial score (nSPS) is 43.2. The van der Waals surface area contributed by atoms with E-state index in [-0.39, 0.29) is 52.7 Å². The fraction of sp³-hybridized carbons (Fsp3) is 0.929. The van der Waals surface area contributed by atoms with E-state index >= 15 is 0 Å². The second-order valence-corrected chi connectivity index (χ2v) is 37.0. The predicted octanol–water partition coefficient (Wildman–Crippen LogP) is -21.4. The molecular weight excluding hydrogens is 2030 g/mol. The Kier molecular flexibility index (Phi) is 49.0. The standard InChI is InChI=1S/C84H143N9O56/c1-26(2)132-76-43(89-28(4)103)54(115)65(36(20-98)136-76)143-77-44(90-29(5)104)55(116)68(39(23-101)137-77)146-82-64(125)70(147-84-73(61(122)50(111)35(19-97)135-84)149-79-46(92-31(7)106)57(118)66(37(21-99)139-79)144-80-62(123)58(119)48(109)33(17-95)133-80)52(113)41(141-82)25-131-83-72(60(121)49(110)34(18-96)134-83)148-78-45(91-30(6)105)56(117)67(38(22-100)138-78)145-81-63(124)59(120)51(112)40(140-81)24-130-71-53(114)42(88-27(3)102)69(47(108)32(107)16-94)142-74(71)75(126)86-8-10-127-12-14-129-15-13-128-11-9-87-93-85/h26,32-74,76-84,94-101,107-125H,8-25H2,1-7H3,(H,86,126)(H,88,102)(H,89,103)(H,90,104)(H,91,105)(H,92,106)/t32-,33-,34-,35-,36-,37-,38-,39-,40-,41-,42-,43-,44-,45-,46-,47-,48+,49-,50-,51+,52-,53-,54-,55-,56-,57-,58+,59+,60+,61+,62-,63-,64+,65-,66-,67-,68-,69-,70+,71-,72+,73+,74-,76-,77+,78+,79+,80+,81+,82+,83+,84-/m1/s1. The van der Waals surface area contributed by atoms with E-state index in [4.69, 9.17) is 114 Å². The number of carbonyl (C=O) groups excluding carboxylic acids is 6. The van der Waals surface area contributed by atoms with Crippen molar-refractivity contribution in [3.05, 3.63) is 10.4 Å². The summed E-state index contributed by atoms with van der Waals surface area (Å²) in [5, 5.41) is 326. The number of nitrogens with one attached hydrogen (secondary N) is 6. The summed E-state index contributed by atoms with van der Waals surface area (Å²) >= 11 is 0. The van der Waals surface area contributed by atoms with Crippen LogP contribution in [0.15, 0.2) is 5.11 Å². The molecule has 6 amide bonds. The number of ether oxygens (including phenoxy) is 23. The van der Waals surface area contributed by atoms with Gasteiger partial charge in [-0.15, -0.1) is 0 Å². The molecule has 65 heteroatoms. The molecule has 0 unspecified atom stereocenters. The highest BCUT2D eigenvalue weighted by Crippen LogP contribution is 2.42. The molecule has 10 saturated heterocycles. The Hall–Kier alpha value is -5.87. The van der Waals surface area contributed by atoms with Crippen LogP contribution in [0.1, 0.15) is 48.5 Å². The molecule has 0 aromatic rings. The Labute approximate surface area is 847 Å². The molecule has 10 fully saturated rings. The highest BCUT2D eigenvalue weighted by Gasteiger charge is 2.63. The molecule has 0 aliphatic carbocycles. The van der Waals surface area contributed by atoms with Gasteiger partial charge in [-0.25, -0.2) is 0 Å². The number of carbonyl (C=O) groups is 6. The first-order chi connectivity index (χ1) is 70.8. The molecule has 0 aromatic carbocycles. The van der Waals surface area contributed by atoms with Crippen LogP contribution in [0.4, 0.5) is 0 Å². The van der Waals surface area contributed by atoms with Crippen LogP contribution in [0.5, 0.6) is 0 Å². The maximum absolute atomic E-state index is 14.2. The summed E-state index contributed by atoms with van der Waals surface area (Å²) in [5.41, 5.74) is 8.42. The minimum absolute atomic E-state index is 0.00910. The fourth-order valence-electron chi connectivity index (χ4n) is 18.4. The monoisotopic (exact) mass is 2170 g/mol. The molecule has 149 heavy (non-hydrogen) atoms. The van der Waals surface area contributed by atoms with E-state index in [0.717, 1.165) is 34.6 Å². The summed E-state index contributed by atoms with van der Waals surface area (Å²) < 4.78 is 137. The molecule has 10 rings (SSSR count). The first-order valence-electron chi connectivity index (χ1n) is 48.0. The van der Waals surface area contributed by atoms with Gasteiger partial charge in [-0.2, -0.15) is 0 Å². The molecule has 860 valence electrons. The molecule has 33 N–H and O–H groups in total. The lowest BCUT2D eigenvalue weighted by molar-refractivity contribution is -0.399. The van der Waals surface area contributed by atoms with Crippen LogP contribution in [-0.4, -0.2) is 617 Å². The Balaban J connectivity index is 0.932. The molecule has 0 bridgehead atoms. The topological polar surface area (TPSA) is 982 Å². The third kappa shape index (κ3) is 31.2. The van der Waals surface area contributed by atoms with Crippen molar-refractivity contribution >= 4 is 35.4 Å². The minimum Gasteiger partial charge on any atom is -0.394 e. The number of hydrogen-bond acceptors (Lipinski definition) is 57. The van der Waals surface area contributed by atoms with E-state index in [1.165, 1.54) is 0 Å². The van der Waals surface area contributed by atoms with Crippen LogP contribution >= 0.6 is 0 Å². The summed E-state index contributed by atoms with van der Waals surface area (Å²) in [4.78, 5) is 81.7. The van der Waals surface area contributed by atoms with Crippen molar-refractivity contribution in [3.63, 3.8) is 0 Å². The van der Waals surface area contributed by atoms with Gasteiger partial charge in [-0.1, -0.05) is 5.11 Å². The van der Waals surface area contributed by atoms with E-state index in [2.05, 4.69) is 41.9 Å². The van der Waals surface area contributed by atoms with Gasteiger partial charge in [0.1, 0.15) is 250 Å². The zero-order valence-electron chi connectivity index (χ0n) is 81.6. The van der Waals surface area contributed by atoms with E-state index < -0.39 is 426 Å². The van der Waals surface area contributed by atoms with Crippen molar-refractivity contribution in [1.29, 1.82) is 0 Å². The second kappa shape index (κ2) is 58.4.